The Hall–Kier alpha value is -2.38. The fourth-order valence-electron chi connectivity index (χ4n) is 2.07. The molecule has 0 aliphatic carbocycles. The van der Waals surface area contributed by atoms with Gasteiger partial charge < -0.3 is 10.1 Å². The topological polar surface area (TPSA) is 45.0 Å². The first-order chi connectivity index (χ1) is 10.2. The van der Waals surface area contributed by atoms with E-state index in [4.69, 9.17) is 10.00 Å². The molecule has 2 aromatic carbocycles. The Kier molecular flexibility index (Phi) is 5.30. The Labute approximate surface area is 124 Å². The number of anilines is 1. The van der Waals surface area contributed by atoms with Crippen LogP contribution in [0.4, 0.5) is 10.1 Å². The summed E-state index contributed by atoms with van der Waals surface area (Å²) < 4.78 is 19.5. The minimum Gasteiger partial charge on any atom is -0.380 e. The van der Waals surface area contributed by atoms with Crippen molar-refractivity contribution in [3.05, 3.63) is 65.5 Å². The molecule has 0 fully saturated rings. The van der Waals surface area contributed by atoms with Crippen molar-refractivity contribution in [3.63, 3.8) is 0 Å². The van der Waals surface area contributed by atoms with E-state index in [9.17, 15) is 4.39 Å². The third kappa shape index (κ3) is 4.04. The second-order valence-corrected chi connectivity index (χ2v) is 4.54. The molecular weight excluding hydrogens is 267 g/mol. The van der Waals surface area contributed by atoms with Crippen molar-refractivity contribution >= 4 is 5.69 Å². The summed E-state index contributed by atoms with van der Waals surface area (Å²) in [6.45, 7) is 2.97. The number of nitrogens with zero attached hydrogens (tertiary/aromatic N) is 1. The minimum absolute atomic E-state index is 0.147. The van der Waals surface area contributed by atoms with E-state index in [2.05, 4.69) is 5.32 Å². The number of halogens is 1. The number of hydrogen-bond donors (Lipinski definition) is 1. The van der Waals surface area contributed by atoms with Crippen LogP contribution in [0.25, 0.3) is 0 Å². The number of ether oxygens (including phenoxy) is 1. The van der Waals surface area contributed by atoms with E-state index >= 15 is 0 Å². The van der Waals surface area contributed by atoms with Crippen LogP contribution < -0.4 is 5.32 Å². The predicted molar refractivity (Wildman–Crippen MR) is 80.4 cm³/mol. The van der Waals surface area contributed by atoms with Crippen LogP contribution >= 0.6 is 0 Å². The van der Waals surface area contributed by atoms with Gasteiger partial charge in [0.05, 0.1) is 23.4 Å². The summed E-state index contributed by atoms with van der Waals surface area (Å²) >= 11 is 0. The van der Waals surface area contributed by atoms with Crippen LogP contribution in [0.2, 0.25) is 0 Å². The highest BCUT2D eigenvalue weighted by atomic mass is 19.1. The zero-order chi connectivity index (χ0) is 15.1. The second kappa shape index (κ2) is 7.41. The van der Waals surface area contributed by atoms with Crippen LogP contribution in [0.1, 0.15) is 24.2 Å². The summed E-state index contributed by atoms with van der Waals surface area (Å²) in [6, 6.07) is 16.1. The lowest BCUT2D eigenvalue weighted by Crippen LogP contribution is -2.16. The van der Waals surface area contributed by atoms with Gasteiger partial charge in [-0.25, -0.2) is 4.39 Å². The van der Waals surface area contributed by atoms with Gasteiger partial charge in [-0.15, -0.1) is 0 Å². The lowest BCUT2D eigenvalue weighted by atomic mass is 10.1. The van der Waals surface area contributed by atoms with Gasteiger partial charge >= 0.3 is 0 Å². The molecule has 1 N–H and O–H groups in total. The highest BCUT2D eigenvalue weighted by Gasteiger charge is 2.12. The first kappa shape index (κ1) is 15.0. The molecule has 1 atom stereocenters. The number of nitriles is 1. The van der Waals surface area contributed by atoms with Crippen LogP contribution in [0.5, 0.6) is 0 Å². The van der Waals surface area contributed by atoms with Gasteiger partial charge in [0.15, 0.2) is 0 Å². The average Bonchev–Trinajstić information content (AvgIpc) is 2.53. The summed E-state index contributed by atoms with van der Waals surface area (Å²) in [7, 11) is 0. The summed E-state index contributed by atoms with van der Waals surface area (Å²) in [5.41, 5.74) is 1.72. The van der Waals surface area contributed by atoms with E-state index in [-0.39, 0.29) is 6.10 Å². The molecule has 2 aromatic rings. The lowest BCUT2D eigenvalue weighted by molar-refractivity contribution is 0.0718. The maximum absolute atomic E-state index is 13.8. The molecule has 0 spiro atoms. The molecule has 0 saturated heterocycles. The number of nitrogens with one attached hydrogen (secondary N) is 1. The quantitative estimate of drug-likeness (QED) is 0.875. The molecule has 0 aromatic heterocycles. The summed E-state index contributed by atoms with van der Waals surface area (Å²) in [5, 5.41) is 11.8. The van der Waals surface area contributed by atoms with E-state index in [1.54, 1.807) is 12.1 Å². The van der Waals surface area contributed by atoms with E-state index < -0.39 is 5.82 Å². The molecule has 21 heavy (non-hydrogen) atoms. The van der Waals surface area contributed by atoms with Crippen molar-refractivity contribution in [2.24, 2.45) is 0 Å². The summed E-state index contributed by atoms with van der Waals surface area (Å²) in [5.74, 6) is -0.433. The maximum Gasteiger partial charge on any atom is 0.147 e. The van der Waals surface area contributed by atoms with Gasteiger partial charge in [0, 0.05) is 13.2 Å². The highest BCUT2D eigenvalue weighted by Crippen LogP contribution is 2.20. The lowest BCUT2D eigenvalue weighted by Gasteiger charge is -2.19. The Bertz CT molecular complexity index is 622. The number of hydrogen-bond acceptors (Lipinski definition) is 3. The Balaban J connectivity index is 2.07. The standard InChI is InChI=1S/C17H17FN2O/c1-2-21-17(14-6-4-3-5-7-14)12-20-16-9-8-13(11-19)10-15(16)18/h3-10,17,20H,2,12H2,1H3. The molecule has 108 valence electrons. The SMILES string of the molecule is CCOC(CNc1ccc(C#N)cc1F)c1ccccc1. The van der Waals surface area contributed by atoms with Gasteiger partial charge in [-0.2, -0.15) is 5.26 Å². The molecule has 0 aliphatic heterocycles. The van der Waals surface area contributed by atoms with E-state index in [0.717, 1.165) is 5.56 Å². The molecule has 0 amide bonds. The van der Waals surface area contributed by atoms with E-state index in [1.807, 2.05) is 43.3 Å². The second-order valence-electron chi connectivity index (χ2n) is 4.54. The fourth-order valence-corrected chi connectivity index (χ4v) is 2.07. The van der Waals surface area contributed by atoms with Crippen molar-refractivity contribution < 1.29 is 9.13 Å². The monoisotopic (exact) mass is 284 g/mol. The van der Waals surface area contributed by atoms with Crippen molar-refractivity contribution in [2.75, 3.05) is 18.5 Å². The van der Waals surface area contributed by atoms with Gasteiger partial charge in [0.1, 0.15) is 5.82 Å². The molecule has 0 radical (unpaired) electrons. The average molecular weight is 284 g/mol. The third-order valence-corrected chi connectivity index (χ3v) is 3.12. The molecule has 2 rings (SSSR count). The molecule has 4 heteroatoms. The predicted octanol–water partition coefficient (Wildman–Crippen LogP) is 3.89. The molecule has 0 aliphatic rings. The van der Waals surface area contributed by atoms with Gasteiger partial charge in [-0.05, 0) is 30.7 Å². The van der Waals surface area contributed by atoms with Gasteiger partial charge in [0.2, 0.25) is 0 Å². The van der Waals surface area contributed by atoms with Crippen LogP contribution in [0.15, 0.2) is 48.5 Å². The van der Waals surface area contributed by atoms with Crippen molar-refractivity contribution in [3.8, 4) is 6.07 Å². The van der Waals surface area contributed by atoms with Crippen molar-refractivity contribution in [2.45, 2.75) is 13.0 Å². The van der Waals surface area contributed by atoms with E-state index in [1.165, 1.54) is 6.07 Å². The molecule has 0 saturated carbocycles. The molecule has 3 nitrogen and oxygen atoms in total. The first-order valence-corrected chi connectivity index (χ1v) is 6.84. The molecular formula is C17H17FN2O. The molecule has 0 bridgehead atoms. The van der Waals surface area contributed by atoms with Crippen LogP contribution in [-0.2, 0) is 4.74 Å². The minimum atomic E-state index is -0.433. The Morgan fingerprint density at radius 2 is 2.00 bits per heavy atom. The largest absolute Gasteiger partial charge is 0.380 e. The Morgan fingerprint density at radius 3 is 2.62 bits per heavy atom. The van der Waals surface area contributed by atoms with Gasteiger partial charge in [-0.1, -0.05) is 30.3 Å². The van der Waals surface area contributed by atoms with Crippen LogP contribution in [0.3, 0.4) is 0 Å². The summed E-state index contributed by atoms with van der Waals surface area (Å²) in [4.78, 5) is 0. The number of benzene rings is 2. The zero-order valence-corrected chi connectivity index (χ0v) is 11.8. The maximum atomic E-state index is 13.8. The van der Waals surface area contributed by atoms with Crippen molar-refractivity contribution in [1.29, 1.82) is 5.26 Å². The number of rotatable bonds is 6. The van der Waals surface area contributed by atoms with Crippen LogP contribution in [-0.4, -0.2) is 13.2 Å². The van der Waals surface area contributed by atoms with Crippen molar-refractivity contribution in [1.82, 2.24) is 0 Å². The van der Waals surface area contributed by atoms with Gasteiger partial charge in [-0.3, -0.25) is 0 Å². The molecule has 1 unspecified atom stereocenters. The zero-order valence-electron chi connectivity index (χ0n) is 11.8. The van der Waals surface area contributed by atoms with E-state index in [0.29, 0.717) is 24.4 Å². The summed E-state index contributed by atoms with van der Waals surface area (Å²) in [6.07, 6.45) is -0.147. The fraction of sp³-hybridized carbons (Fsp3) is 0.235. The Morgan fingerprint density at radius 1 is 1.24 bits per heavy atom. The first-order valence-electron chi connectivity index (χ1n) is 6.84. The normalized spacial score (nSPS) is 11.7. The van der Waals surface area contributed by atoms with Gasteiger partial charge in [0.25, 0.3) is 0 Å². The molecule has 0 heterocycles. The highest BCUT2D eigenvalue weighted by molar-refractivity contribution is 5.49. The van der Waals surface area contributed by atoms with Crippen LogP contribution in [0, 0.1) is 17.1 Å². The third-order valence-electron chi connectivity index (χ3n) is 3.12. The smallest absolute Gasteiger partial charge is 0.147 e.